The van der Waals surface area contributed by atoms with Crippen LogP contribution in [-0.4, -0.2) is 68.3 Å². The molecule has 1 aromatic carbocycles. The number of hydrogen-bond donors (Lipinski definition) is 1. The molecule has 1 fully saturated rings. The van der Waals surface area contributed by atoms with Gasteiger partial charge in [0.1, 0.15) is 0 Å². The second-order valence-corrected chi connectivity index (χ2v) is 12.2. The standard InChI is InChI=1S/C15H13F7N2O7S3/c16-13(17,14(18,19)20)15(21,22)34(30,31)9-1-2-11(10(5-9)24(26)27)32-6-12(25)23-8-3-4-33(28,29)7-8/h1-2,5,8H,3-4,6-7H2,(H,23,25). The van der Waals surface area contributed by atoms with Gasteiger partial charge in [-0.05, 0) is 18.6 Å². The number of rotatable bonds is 8. The molecule has 0 aromatic heterocycles. The van der Waals surface area contributed by atoms with E-state index in [0.717, 1.165) is 0 Å². The number of nitro benzene ring substituents is 1. The number of carbonyl (C=O) groups excluding carboxylic acids is 1. The molecule has 1 N–H and O–H groups in total. The zero-order chi connectivity index (χ0) is 26.3. The first-order valence-corrected chi connectivity index (χ1v) is 13.0. The molecule has 1 aliphatic heterocycles. The molecule has 0 aliphatic carbocycles. The van der Waals surface area contributed by atoms with Gasteiger partial charge in [-0.2, -0.15) is 30.7 Å². The lowest BCUT2D eigenvalue weighted by atomic mass is 10.3. The summed E-state index contributed by atoms with van der Waals surface area (Å²) in [6, 6.07) is -0.185. The summed E-state index contributed by atoms with van der Waals surface area (Å²) in [7, 11) is -10.1. The van der Waals surface area contributed by atoms with Crippen LogP contribution in [0.25, 0.3) is 0 Å². The lowest BCUT2D eigenvalue weighted by molar-refractivity contribution is -0.388. The zero-order valence-corrected chi connectivity index (χ0v) is 18.8. The van der Waals surface area contributed by atoms with Gasteiger partial charge in [-0.3, -0.25) is 14.9 Å². The molecule has 2 rings (SSSR count). The van der Waals surface area contributed by atoms with Crippen molar-refractivity contribution in [3.05, 3.63) is 28.3 Å². The summed E-state index contributed by atoms with van der Waals surface area (Å²) in [5.41, 5.74) is -1.26. The molecule has 0 spiro atoms. The normalized spacial score (nSPS) is 19.1. The van der Waals surface area contributed by atoms with E-state index >= 15 is 0 Å². The molecule has 1 amide bonds. The predicted molar refractivity (Wildman–Crippen MR) is 102 cm³/mol. The maximum atomic E-state index is 13.8. The summed E-state index contributed by atoms with van der Waals surface area (Å²) in [5.74, 6) is -8.86. The summed E-state index contributed by atoms with van der Waals surface area (Å²) < 4.78 is 137. The van der Waals surface area contributed by atoms with Crippen molar-refractivity contribution < 1.29 is 57.3 Å². The van der Waals surface area contributed by atoms with E-state index in [0.29, 0.717) is 17.8 Å². The summed E-state index contributed by atoms with van der Waals surface area (Å²) in [6.45, 7) is 0. The molecule has 34 heavy (non-hydrogen) atoms. The highest BCUT2D eigenvalue weighted by molar-refractivity contribution is 8.00. The van der Waals surface area contributed by atoms with E-state index in [1.165, 1.54) is 0 Å². The van der Waals surface area contributed by atoms with Gasteiger partial charge >= 0.3 is 17.4 Å². The molecule has 0 radical (unpaired) electrons. The third kappa shape index (κ3) is 5.40. The molecule has 0 bridgehead atoms. The van der Waals surface area contributed by atoms with Crippen LogP contribution >= 0.6 is 11.8 Å². The number of carbonyl (C=O) groups is 1. The Morgan fingerprint density at radius 3 is 2.24 bits per heavy atom. The molecule has 1 aliphatic rings. The van der Waals surface area contributed by atoms with E-state index in [9.17, 15) is 62.5 Å². The average Bonchev–Trinajstić information content (AvgIpc) is 3.02. The van der Waals surface area contributed by atoms with Gasteiger partial charge in [-0.1, -0.05) is 0 Å². The van der Waals surface area contributed by atoms with Gasteiger partial charge < -0.3 is 5.32 Å². The van der Waals surface area contributed by atoms with Crippen molar-refractivity contribution in [1.29, 1.82) is 0 Å². The molecule has 1 aromatic rings. The number of sulfone groups is 2. The number of nitrogens with one attached hydrogen (secondary N) is 1. The van der Waals surface area contributed by atoms with Crippen LogP contribution in [0.2, 0.25) is 0 Å². The molecule has 1 heterocycles. The third-order valence-corrected chi connectivity index (χ3v) is 9.09. The van der Waals surface area contributed by atoms with Crippen LogP contribution in [0, 0.1) is 10.1 Å². The Bertz CT molecular complexity index is 1200. The van der Waals surface area contributed by atoms with Crippen molar-refractivity contribution in [1.82, 2.24) is 5.32 Å². The lowest BCUT2D eigenvalue weighted by Gasteiger charge is -2.27. The Labute approximate surface area is 191 Å². The highest BCUT2D eigenvalue weighted by Crippen LogP contribution is 2.51. The van der Waals surface area contributed by atoms with Gasteiger partial charge in [0, 0.05) is 12.1 Å². The number of nitrogens with zero attached hydrogens (tertiary/aromatic N) is 1. The fraction of sp³-hybridized carbons (Fsp3) is 0.533. The van der Waals surface area contributed by atoms with Crippen molar-refractivity contribution in [3.8, 4) is 0 Å². The summed E-state index contributed by atoms with van der Waals surface area (Å²) >= 11 is 0.390. The van der Waals surface area contributed by atoms with E-state index in [4.69, 9.17) is 0 Å². The average molecular weight is 562 g/mol. The Morgan fingerprint density at radius 1 is 1.18 bits per heavy atom. The second-order valence-electron chi connectivity index (χ2n) is 6.94. The van der Waals surface area contributed by atoms with Crippen molar-refractivity contribution in [2.24, 2.45) is 0 Å². The van der Waals surface area contributed by atoms with Crippen molar-refractivity contribution >= 4 is 43.0 Å². The minimum atomic E-state index is -7.01. The molecular weight excluding hydrogens is 549 g/mol. The van der Waals surface area contributed by atoms with Crippen molar-refractivity contribution in [2.45, 2.75) is 39.6 Å². The van der Waals surface area contributed by atoms with Crippen LogP contribution < -0.4 is 5.32 Å². The molecule has 19 heteroatoms. The van der Waals surface area contributed by atoms with Gasteiger partial charge in [0.05, 0.1) is 32.0 Å². The number of benzene rings is 1. The molecule has 1 unspecified atom stereocenters. The summed E-state index contributed by atoms with van der Waals surface area (Å²) in [6.07, 6.45) is -6.82. The predicted octanol–water partition coefficient (Wildman–Crippen LogP) is 2.55. The first-order chi connectivity index (χ1) is 15.2. The monoisotopic (exact) mass is 562 g/mol. The largest absolute Gasteiger partial charge is 0.461 e. The van der Waals surface area contributed by atoms with Crippen LogP contribution in [0.5, 0.6) is 0 Å². The van der Waals surface area contributed by atoms with Crippen molar-refractivity contribution in [2.75, 3.05) is 17.3 Å². The maximum Gasteiger partial charge on any atom is 0.461 e. The van der Waals surface area contributed by atoms with Gasteiger partial charge in [-0.25, -0.2) is 16.8 Å². The Morgan fingerprint density at radius 2 is 1.76 bits per heavy atom. The number of hydrogen-bond acceptors (Lipinski definition) is 8. The topological polar surface area (TPSA) is 141 Å². The van der Waals surface area contributed by atoms with E-state index in [2.05, 4.69) is 5.32 Å². The highest BCUT2D eigenvalue weighted by atomic mass is 32.2. The van der Waals surface area contributed by atoms with Crippen LogP contribution in [-0.2, 0) is 24.5 Å². The SMILES string of the molecule is O=C(CSc1ccc(S(=O)(=O)C(F)(F)C(F)(F)C(F)(F)F)cc1[N+](=O)[O-])NC1CCS(=O)(=O)C1. The molecule has 1 atom stereocenters. The quantitative estimate of drug-likeness (QED) is 0.221. The molecule has 1 saturated heterocycles. The van der Waals surface area contributed by atoms with E-state index in [-0.39, 0.29) is 30.1 Å². The molecular formula is C15H13F7N2O7S3. The van der Waals surface area contributed by atoms with E-state index in [1.54, 1.807) is 0 Å². The third-order valence-electron chi connectivity index (χ3n) is 4.45. The van der Waals surface area contributed by atoms with Gasteiger partial charge in [0.2, 0.25) is 5.91 Å². The van der Waals surface area contributed by atoms with Crippen LogP contribution in [0.1, 0.15) is 6.42 Å². The van der Waals surface area contributed by atoms with Gasteiger partial charge in [0.25, 0.3) is 15.5 Å². The van der Waals surface area contributed by atoms with Gasteiger partial charge in [-0.15, -0.1) is 11.8 Å². The summed E-state index contributed by atoms with van der Waals surface area (Å²) in [4.78, 5) is 19.5. The molecule has 9 nitrogen and oxygen atoms in total. The van der Waals surface area contributed by atoms with Crippen LogP contribution in [0.4, 0.5) is 36.4 Å². The first-order valence-electron chi connectivity index (χ1n) is 8.71. The number of thioether (sulfide) groups is 1. The summed E-state index contributed by atoms with van der Waals surface area (Å²) in [5, 5.41) is 6.87. The maximum absolute atomic E-state index is 13.8. The van der Waals surface area contributed by atoms with Crippen LogP contribution in [0.15, 0.2) is 28.0 Å². The van der Waals surface area contributed by atoms with Crippen molar-refractivity contribution in [3.63, 3.8) is 0 Å². The Hall–Kier alpha value is -2.15. The number of nitro groups is 1. The fourth-order valence-electron chi connectivity index (χ4n) is 2.73. The zero-order valence-electron chi connectivity index (χ0n) is 16.3. The first kappa shape index (κ1) is 28.1. The number of alkyl halides is 7. The minimum Gasteiger partial charge on any atom is -0.352 e. The number of amides is 1. The highest BCUT2D eigenvalue weighted by Gasteiger charge is 2.78. The number of halogens is 7. The van der Waals surface area contributed by atoms with Crippen LogP contribution in [0.3, 0.4) is 0 Å². The molecule has 0 saturated carbocycles. The van der Waals surface area contributed by atoms with E-state index < -0.39 is 75.1 Å². The fourth-order valence-corrected chi connectivity index (χ4v) is 6.48. The van der Waals surface area contributed by atoms with Gasteiger partial charge in [0.15, 0.2) is 9.84 Å². The van der Waals surface area contributed by atoms with E-state index in [1.807, 2.05) is 0 Å². The molecule has 192 valence electrons. The Balaban J connectivity index is 2.28. The lowest BCUT2D eigenvalue weighted by Crippen LogP contribution is -2.55. The second kappa shape index (κ2) is 9.14. The Kier molecular flexibility index (Phi) is 7.55. The smallest absolute Gasteiger partial charge is 0.352 e. The minimum absolute atomic E-state index is 0.126.